The van der Waals surface area contributed by atoms with Crippen molar-refractivity contribution in [2.45, 2.75) is 19.9 Å². The van der Waals surface area contributed by atoms with Crippen LogP contribution in [0, 0.1) is 0 Å². The smallest absolute Gasteiger partial charge is 0.263 e. The van der Waals surface area contributed by atoms with Gasteiger partial charge >= 0.3 is 0 Å². The fourth-order valence-corrected chi connectivity index (χ4v) is 2.10. The molecule has 0 bridgehead atoms. The van der Waals surface area contributed by atoms with E-state index in [0.29, 0.717) is 23.9 Å². The van der Waals surface area contributed by atoms with E-state index < -0.39 is 6.43 Å². The van der Waals surface area contributed by atoms with Crippen molar-refractivity contribution in [1.82, 2.24) is 0 Å². The summed E-state index contributed by atoms with van der Waals surface area (Å²) in [5.41, 5.74) is 1.80. The molecule has 0 saturated heterocycles. The average Bonchev–Trinajstić information content (AvgIpc) is 2.48. The Labute approximate surface area is 127 Å². The second kappa shape index (κ2) is 7.27. The van der Waals surface area contributed by atoms with Crippen molar-refractivity contribution in [3.8, 4) is 5.75 Å². The number of nitrogens with one attached hydrogen (secondary N) is 1. The minimum atomic E-state index is -2.43. The molecule has 0 aromatic heterocycles. The molecule has 2 nitrogen and oxygen atoms in total. The summed E-state index contributed by atoms with van der Waals surface area (Å²) in [4.78, 5) is 0. The van der Waals surface area contributed by atoms with Crippen molar-refractivity contribution in [3.05, 3.63) is 58.6 Å². The molecule has 0 unspecified atom stereocenters. The van der Waals surface area contributed by atoms with Gasteiger partial charge in [-0.05, 0) is 30.7 Å². The van der Waals surface area contributed by atoms with Gasteiger partial charge in [0.25, 0.3) is 6.43 Å². The van der Waals surface area contributed by atoms with E-state index in [1.165, 1.54) is 12.1 Å². The van der Waals surface area contributed by atoms with Gasteiger partial charge in [0.1, 0.15) is 5.75 Å². The number of hydrogen-bond acceptors (Lipinski definition) is 2. The minimum Gasteiger partial charge on any atom is -0.492 e. The van der Waals surface area contributed by atoms with Crippen LogP contribution in [0.3, 0.4) is 0 Å². The van der Waals surface area contributed by atoms with Crippen molar-refractivity contribution in [2.24, 2.45) is 0 Å². The quantitative estimate of drug-likeness (QED) is 0.782. The first-order valence-corrected chi connectivity index (χ1v) is 7.01. The van der Waals surface area contributed by atoms with Crippen molar-refractivity contribution in [2.75, 3.05) is 11.9 Å². The molecule has 0 radical (unpaired) electrons. The zero-order valence-electron chi connectivity index (χ0n) is 11.6. The van der Waals surface area contributed by atoms with E-state index in [4.69, 9.17) is 16.3 Å². The van der Waals surface area contributed by atoms with E-state index in [9.17, 15) is 8.78 Å². The summed E-state index contributed by atoms with van der Waals surface area (Å²) >= 11 is 6.10. The maximum atomic E-state index is 12.5. The van der Waals surface area contributed by atoms with Gasteiger partial charge in [-0.1, -0.05) is 35.9 Å². The summed E-state index contributed by atoms with van der Waals surface area (Å²) < 4.78 is 30.3. The molecular weight excluding hydrogens is 296 g/mol. The van der Waals surface area contributed by atoms with Gasteiger partial charge in [-0.3, -0.25) is 0 Å². The highest BCUT2D eigenvalue weighted by molar-refractivity contribution is 6.32. The van der Waals surface area contributed by atoms with Crippen LogP contribution in [0.4, 0.5) is 14.5 Å². The SMILES string of the molecule is CCOc1ccc(NCc2ccc(C(F)F)cc2)cc1Cl. The second-order valence-corrected chi connectivity index (χ2v) is 4.88. The van der Waals surface area contributed by atoms with Crippen LogP contribution in [0.25, 0.3) is 0 Å². The first-order chi connectivity index (χ1) is 10.1. The van der Waals surface area contributed by atoms with Gasteiger partial charge in [0, 0.05) is 17.8 Å². The van der Waals surface area contributed by atoms with E-state index in [-0.39, 0.29) is 5.56 Å². The molecular formula is C16H16ClF2NO. The number of halogens is 3. The van der Waals surface area contributed by atoms with Gasteiger partial charge in [0.05, 0.1) is 11.6 Å². The van der Waals surface area contributed by atoms with Crippen molar-refractivity contribution in [3.63, 3.8) is 0 Å². The molecule has 0 saturated carbocycles. The molecule has 0 heterocycles. The maximum absolute atomic E-state index is 12.5. The molecule has 112 valence electrons. The minimum absolute atomic E-state index is 0.0304. The van der Waals surface area contributed by atoms with Crippen molar-refractivity contribution < 1.29 is 13.5 Å². The van der Waals surface area contributed by atoms with Crippen LogP contribution >= 0.6 is 11.6 Å². The molecule has 0 fully saturated rings. The molecule has 0 spiro atoms. The van der Waals surface area contributed by atoms with Crippen LogP contribution in [0.2, 0.25) is 5.02 Å². The number of alkyl halides is 2. The molecule has 0 aliphatic rings. The molecule has 2 rings (SSSR count). The number of ether oxygens (including phenoxy) is 1. The zero-order chi connectivity index (χ0) is 15.2. The highest BCUT2D eigenvalue weighted by atomic mass is 35.5. The Morgan fingerprint density at radius 1 is 1.14 bits per heavy atom. The molecule has 21 heavy (non-hydrogen) atoms. The lowest BCUT2D eigenvalue weighted by molar-refractivity contribution is 0.151. The first kappa shape index (κ1) is 15.6. The average molecular weight is 312 g/mol. The lowest BCUT2D eigenvalue weighted by Gasteiger charge is -2.10. The third-order valence-electron chi connectivity index (χ3n) is 2.96. The number of rotatable bonds is 6. The highest BCUT2D eigenvalue weighted by Crippen LogP contribution is 2.28. The number of anilines is 1. The van der Waals surface area contributed by atoms with E-state index in [2.05, 4.69) is 5.32 Å². The summed E-state index contributed by atoms with van der Waals surface area (Å²) in [6.45, 7) is 2.99. The number of benzene rings is 2. The molecule has 0 aliphatic heterocycles. The maximum Gasteiger partial charge on any atom is 0.263 e. The molecule has 1 N–H and O–H groups in total. The first-order valence-electron chi connectivity index (χ1n) is 6.63. The highest BCUT2D eigenvalue weighted by Gasteiger charge is 2.06. The van der Waals surface area contributed by atoms with Crippen LogP contribution in [0.5, 0.6) is 5.75 Å². The summed E-state index contributed by atoms with van der Waals surface area (Å²) in [6.07, 6.45) is -2.43. The normalized spacial score (nSPS) is 10.7. The van der Waals surface area contributed by atoms with Gasteiger partial charge in [0.2, 0.25) is 0 Å². The third-order valence-corrected chi connectivity index (χ3v) is 3.26. The van der Waals surface area contributed by atoms with Crippen LogP contribution < -0.4 is 10.1 Å². The Bertz CT molecular complexity index is 587. The fraction of sp³-hybridized carbons (Fsp3) is 0.250. The standard InChI is InChI=1S/C16H16ClF2NO/c1-2-21-15-8-7-13(9-14(15)17)20-10-11-3-5-12(6-4-11)16(18)19/h3-9,16,20H,2,10H2,1H3. The largest absolute Gasteiger partial charge is 0.492 e. The van der Waals surface area contributed by atoms with Gasteiger partial charge in [-0.15, -0.1) is 0 Å². The van der Waals surface area contributed by atoms with Crippen LogP contribution in [0.1, 0.15) is 24.5 Å². The molecule has 0 aliphatic carbocycles. The molecule has 2 aromatic carbocycles. The van der Waals surface area contributed by atoms with E-state index in [0.717, 1.165) is 11.3 Å². The van der Waals surface area contributed by atoms with E-state index in [1.54, 1.807) is 24.3 Å². The summed E-state index contributed by atoms with van der Waals surface area (Å²) in [5.74, 6) is 0.644. The van der Waals surface area contributed by atoms with Gasteiger partial charge in [-0.25, -0.2) is 8.78 Å². The molecule has 0 atom stereocenters. The zero-order valence-corrected chi connectivity index (χ0v) is 12.3. The topological polar surface area (TPSA) is 21.3 Å². The van der Waals surface area contributed by atoms with Gasteiger partial charge < -0.3 is 10.1 Å². The molecule has 5 heteroatoms. The Morgan fingerprint density at radius 3 is 2.43 bits per heavy atom. The molecule has 0 amide bonds. The Kier molecular flexibility index (Phi) is 5.39. The number of hydrogen-bond donors (Lipinski definition) is 1. The van der Waals surface area contributed by atoms with Crippen molar-refractivity contribution >= 4 is 17.3 Å². The van der Waals surface area contributed by atoms with Crippen molar-refractivity contribution in [1.29, 1.82) is 0 Å². The Morgan fingerprint density at radius 2 is 1.86 bits per heavy atom. The summed E-state index contributed by atoms with van der Waals surface area (Å²) in [6, 6.07) is 11.7. The fourth-order valence-electron chi connectivity index (χ4n) is 1.87. The third kappa shape index (κ3) is 4.33. The van der Waals surface area contributed by atoms with E-state index >= 15 is 0 Å². The summed E-state index contributed by atoms with van der Waals surface area (Å²) in [7, 11) is 0. The molecule has 2 aromatic rings. The Balaban J connectivity index is 1.97. The predicted molar refractivity (Wildman–Crippen MR) is 81.3 cm³/mol. The van der Waals surface area contributed by atoms with Crippen LogP contribution in [0.15, 0.2) is 42.5 Å². The van der Waals surface area contributed by atoms with Gasteiger partial charge in [0.15, 0.2) is 0 Å². The second-order valence-electron chi connectivity index (χ2n) is 4.47. The summed E-state index contributed by atoms with van der Waals surface area (Å²) in [5, 5.41) is 3.73. The monoisotopic (exact) mass is 311 g/mol. The predicted octanol–water partition coefficient (Wildman–Crippen LogP) is 5.29. The lowest BCUT2D eigenvalue weighted by Crippen LogP contribution is -2.00. The Hall–Kier alpha value is -1.81. The van der Waals surface area contributed by atoms with Crippen LogP contribution in [-0.2, 0) is 6.54 Å². The lowest BCUT2D eigenvalue weighted by atomic mass is 10.1. The van der Waals surface area contributed by atoms with Gasteiger partial charge in [-0.2, -0.15) is 0 Å². The van der Waals surface area contributed by atoms with E-state index in [1.807, 2.05) is 13.0 Å². The van der Waals surface area contributed by atoms with Crippen LogP contribution in [-0.4, -0.2) is 6.61 Å².